The molecule has 1 aliphatic rings. The van der Waals surface area contributed by atoms with Gasteiger partial charge in [-0.05, 0) is 25.4 Å². The molecule has 1 aliphatic heterocycles. The van der Waals surface area contributed by atoms with Crippen molar-refractivity contribution in [1.82, 2.24) is 30.3 Å². The van der Waals surface area contributed by atoms with Crippen LogP contribution in [0.5, 0.6) is 0 Å². The molecule has 3 aromatic heterocycles. The van der Waals surface area contributed by atoms with E-state index in [9.17, 15) is 4.79 Å². The van der Waals surface area contributed by atoms with Crippen molar-refractivity contribution in [2.45, 2.75) is 13.0 Å². The van der Waals surface area contributed by atoms with Gasteiger partial charge in [0.25, 0.3) is 5.91 Å². The molecule has 9 heteroatoms. The number of nitrogens with one attached hydrogen (secondary N) is 3. The number of hydrogen-bond acceptors (Lipinski definition) is 6. The molecule has 0 aliphatic carbocycles. The summed E-state index contributed by atoms with van der Waals surface area (Å²) in [6.07, 6.45) is 8.13. The Kier molecular flexibility index (Phi) is 4.09. The van der Waals surface area contributed by atoms with Crippen LogP contribution in [0.15, 0.2) is 30.2 Å². The zero-order valence-electron chi connectivity index (χ0n) is 12.9. The molecule has 0 radical (unpaired) electrons. The third-order valence-corrected chi connectivity index (χ3v) is 4.87. The Morgan fingerprint density at radius 2 is 2.42 bits per heavy atom. The maximum absolute atomic E-state index is 12.3. The Morgan fingerprint density at radius 1 is 1.46 bits per heavy atom. The largest absolute Gasteiger partial charge is 0.318 e. The van der Waals surface area contributed by atoms with Crippen LogP contribution in [0.2, 0.25) is 0 Å². The quantitative estimate of drug-likeness (QED) is 0.653. The lowest BCUT2D eigenvalue weighted by molar-refractivity contribution is 0.102. The minimum Gasteiger partial charge on any atom is -0.318 e. The molecule has 4 rings (SSSR count). The molecule has 8 nitrogen and oxygen atoms in total. The first-order valence-electron chi connectivity index (χ1n) is 7.77. The fourth-order valence-electron chi connectivity index (χ4n) is 2.74. The van der Waals surface area contributed by atoms with Gasteiger partial charge in [0, 0.05) is 29.9 Å². The molecule has 4 heterocycles. The van der Waals surface area contributed by atoms with E-state index in [1.807, 2.05) is 10.9 Å². The van der Waals surface area contributed by atoms with Crippen LogP contribution in [0.3, 0.4) is 0 Å². The van der Waals surface area contributed by atoms with Gasteiger partial charge in [-0.25, -0.2) is 4.98 Å². The molecule has 0 spiro atoms. The number of anilines is 1. The molecule has 3 N–H and O–H groups in total. The average Bonchev–Trinajstić information content (AvgIpc) is 3.36. The first-order valence-corrected chi connectivity index (χ1v) is 8.65. The summed E-state index contributed by atoms with van der Waals surface area (Å²) in [6.45, 7) is 2.96. The van der Waals surface area contributed by atoms with Crippen molar-refractivity contribution in [3.63, 3.8) is 0 Å². The molecule has 0 aromatic carbocycles. The molecule has 1 saturated heterocycles. The molecule has 3 aromatic rings. The number of H-pyrrole nitrogens is 1. The van der Waals surface area contributed by atoms with Crippen LogP contribution in [0.1, 0.15) is 16.9 Å². The summed E-state index contributed by atoms with van der Waals surface area (Å²) in [5.74, 6) is 0.368. The van der Waals surface area contributed by atoms with Gasteiger partial charge in [-0.2, -0.15) is 10.2 Å². The Bertz CT molecular complexity index is 817. The smallest absolute Gasteiger partial charge is 0.275 e. The van der Waals surface area contributed by atoms with E-state index >= 15 is 0 Å². The van der Waals surface area contributed by atoms with Crippen LogP contribution >= 0.6 is 11.3 Å². The van der Waals surface area contributed by atoms with E-state index < -0.39 is 0 Å². The number of hydrogen-bond donors (Lipinski definition) is 3. The van der Waals surface area contributed by atoms with E-state index in [0.29, 0.717) is 17.3 Å². The second-order valence-corrected chi connectivity index (χ2v) is 6.65. The molecule has 0 saturated carbocycles. The number of carbonyl (C=O) groups excluding carboxylic acids is 1. The Hall–Kier alpha value is -2.52. The van der Waals surface area contributed by atoms with E-state index in [4.69, 9.17) is 0 Å². The first kappa shape index (κ1) is 15.0. The summed E-state index contributed by atoms with van der Waals surface area (Å²) in [5.41, 5.74) is 1.95. The summed E-state index contributed by atoms with van der Waals surface area (Å²) < 4.78 is 1.88. The normalized spacial score (nSPS) is 17.2. The van der Waals surface area contributed by atoms with E-state index in [-0.39, 0.29) is 5.91 Å². The molecule has 1 amide bonds. The maximum atomic E-state index is 12.3. The van der Waals surface area contributed by atoms with Crippen LogP contribution < -0.4 is 10.6 Å². The summed E-state index contributed by atoms with van der Waals surface area (Å²) >= 11 is 1.41. The van der Waals surface area contributed by atoms with Crippen molar-refractivity contribution in [3.8, 4) is 10.6 Å². The third-order valence-electron chi connectivity index (χ3n) is 3.98. The van der Waals surface area contributed by atoms with E-state index in [2.05, 4.69) is 30.9 Å². The lowest BCUT2D eigenvalue weighted by Gasteiger charge is -2.07. The summed E-state index contributed by atoms with van der Waals surface area (Å²) in [4.78, 5) is 16.7. The van der Waals surface area contributed by atoms with Gasteiger partial charge in [0.1, 0.15) is 10.7 Å². The van der Waals surface area contributed by atoms with Crippen molar-refractivity contribution in [2.24, 2.45) is 5.92 Å². The molecule has 24 heavy (non-hydrogen) atoms. The van der Waals surface area contributed by atoms with Gasteiger partial charge in [-0.3, -0.25) is 14.6 Å². The standard InChI is InChI=1S/C15H17N7OS/c23-14(13-9-24-15(21-13)11-4-17-18-5-11)20-12-6-19-22(8-12)7-10-1-2-16-3-10/h4-6,8-10,16H,1-3,7H2,(H,17,18)(H,20,23)/t10-/m0/s1. The predicted molar refractivity (Wildman–Crippen MR) is 90.9 cm³/mol. The van der Waals surface area contributed by atoms with Gasteiger partial charge in [-0.1, -0.05) is 0 Å². The fraction of sp³-hybridized carbons (Fsp3) is 0.333. The fourth-order valence-corrected chi connectivity index (χ4v) is 3.52. The molecule has 124 valence electrons. The SMILES string of the molecule is O=C(Nc1cnn(C[C@H]2CCNC2)c1)c1csc(-c2cn[nH]c2)n1. The van der Waals surface area contributed by atoms with Gasteiger partial charge < -0.3 is 10.6 Å². The van der Waals surface area contributed by atoms with Crippen molar-refractivity contribution in [1.29, 1.82) is 0 Å². The second-order valence-electron chi connectivity index (χ2n) is 5.79. The lowest BCUT2D eigenvalue weighted by atomic mass is 10.1. The van der Waals surface area contributed by atoms with Gasteiger partial charge in [0.05, 0.1) is 18.1 Å². The molecular weight excluding hydrogens is 326 g/mol. The highest BCUT2D eigenvalue weighted by atomic mass is 32.1. The topological polar surface area (TPSA) is 101 Å². The summed E-state index contributed by atoms with van der Waals surface area (Å²) in [5, 5.41) is 19.6. The second kappa shape index (κ2) is 6.54. The van der Waals surface area contributed by atoms with Crippen LogP contribution in [0.4, 0.5) is 5.69 Å². The van der Waals surface area contributed by atoms with Crippen LogP contribution in [0.25, 0.3) is 10.6 Å². The highest BCUT2D eigenvalue weighted by Gasteiger charge is 2.16. The molecular formula is C15H17N7OS. The average molecular weight is 343 g/mol. The van der Waals surface area contributed by atoms with Gasteiger partial charge in [0.2, 0.25) is 0 Å². The van der Waals surface area contributed by atoms with Crippen LogP contribution in [0, 0.1) is 5.92 Å². The molecule has 0 bridgehead atoms. The third kappa shape index (κ3) is 3.22. The van der Waals surface area contributed by atoms with Gasteiger partial charge >= 0.3 is 0 Å². The maximum Gasteiger partial charge on any atom is 0.275 e. The first-order chi connectivity index (χ1) is 11.8. The van der Waals surface area contributed by atoms with E-state index in [1.165, 1.54) is 11.3 Å². The molecule has 1 fully saturated rings. The van der Waals surface area contributed by atoms with Crippen molar-refractivity contribution in [3.05, 3.63) is 35.9 Å². The zero-order chi connectivity index (χ0) is 16.4. The van der Waals surface area contributed by atoms with E-state index in [1.54, 1.807) is 24.0 Å². The predicted octanol–water partition coefficient (Wildman–Crippen LogP) is 1.59. The number of thiazole rings is 1. The van der Waals surface area contributed by atoms with Crippen molar-refractivity contribution >= 4 is 22.9 Å². The number of rotatable bonds is 5. The van der Waals surface area contributed by atoms with Crippen molar-refractivity contribution in [2.75, 3.05) is 18.4 Å². The minimum absolute atomic E-state index is 0.233. The molecule has 0 unspecified atom stereocenters. The monoisotopic (exact) mass is 343 g/mol. The van der Waals surface area contributed by atoms with Crippen LogP contribution in [-0.4, -0.2) is 44.0 Å². The number of carbonyl (C=O) groups is 1. The highest BCUT2D eigenvalue weighted by molar-refractivity contribution is 7.13. The Morgan fingerprint density at radius 3 is 3.21 bits per heavy atom. The van der Waals surface area contributed by atoms with E-state index in [0.717, 1.165) is 36.6 Å². The number of aromatic amines is 1. The Labute approximate surface area is 142 Å². The lowest BCUT2D eigenvalue weighted by Crippen LogP contribution is -2.15. The number of aromatic nitrogens is 5. The van der Waals surface area contributed by atoms with Gasteiger partial charge in [-0.15, -0.1) is 11.3 Å². The van der Waals surface area contributed by atoms with Crippen LogP contribution in [-0.2, 0) is 6.54 Å². The van der Waals surface area contributed by atoms with Gasteiger partial charge in [0.15, 0.2) is 0 Å². The minimum atomic E-state index is -0.233. The van der Waals surface area contributed by atoms with Crippen molar-refractivity contribution < 1.29 is 4.79 Å². The molecule has 1 atom stereocenters. The number of amides is 1. The zero-order valence-corrected chi connectivity index (χ0v) is 13.7. The Balaban J connectivity index is 1.40. The summed E-state index contributed by atoms with van der Waals surface area (Å²) in [6, 6.07) is 0. The summed E-state index contributed by atoms with van der Waals surface area (Å²) in [7, 11) is 0. The highest BCUT2D eigenvalue weighted by Crippen LogP contribution is 2.23. The number of nitrogens with zero attached hydrogens (tertiary/aromatic N) is 4.